The van der Waals surface area contributed by atoms with E-state index >= 15 is 0 Å². The second-order valence-electron chi connectivity index (χ2n) is 13.8. The number of nitrogens with zero attached hydrogens (tertiary/aromatic N) is 1. The van der Waals surface area contributed by atoms with E-state index in [1.54, 1.807) is 0 Å². The predicted molar refractivity (Wildman–Crippen MR) is 176 cm³/mol. The highest BCUT2D eigenvalue weighted by Gasteiger charge is 2.52. The molecule has 42 heavy (non-hydrogen) atoms. The molecule has 2 aliphatic rings. The minimum atomic E-state index is -0.390. The topological polar surface area (TPSA) is 40.2 Å². The van der Waals surface area contributed by atoms with Gasteiger partial charge in [0, 0.05) is 17.1 Å². The van der Waals surface area contributed by atoms with Gasteiger partial charge in [-0.15, -0.1) is 0 Å². The molecule has 0 atom stereocenters. The summed E-state index contributed by atoms with van der Waals surface area (Å²) >= 11 is 0. The minimum Gasteiger partial charge on any atom is -0.399 e. The molecule has 5 nitrogen and oxygen atoms in total. The van der Waals surface area contributed by atoms with E-state index in [0.717, 1.165) is 34.4 Å². The van der Waals surface area contributed by atoms with Crippen molar-refractivity contribution < 1.29 is 18.6 Å². The maximum absolute atomic E-state index is 6.30. The summed E-state index contributed by atoms with van der Waals surface area (Å²) in [5, 5.41) is 0. The molecule has 2 fully saturated rings. The molecule has 222 valence electrons. The lowest BCUT2D eigenvalue weighted by Crippen LogP contribution is -2.41. The van der Waals surface area contributed by atoms with Gasteiger partial charge in [0.25, 0.3) is 0 Å². The first-order chi connectivity index (χ1) is 19.7. The maximum atomic E-state index is 6.30. The van der Waals surface area contributed by atoms with Crippen molar-refractivity contribution in [3.63, 3.8) is 0 Å². The molecule has 3 aromatic rings. The Bertz CT molecular complexity index is 1240. The summed E-state index contributed by atoms with van der Waals surface area (Å²) in [5.74, 6) is 0. The van der Waals surface area contributed by atoms with Gasteiger partial charge in [-0.1, -0.05) is 56.2 Å². The van der Waals surface area contributed by atoms with Crippen molar-refractivity contribution in [2.75, 3.05) is 4.90 Å². The standard InChI is InChI=1S/C35H47B2NO4/c1-10-11-12-13-26-14-20-29(21-15-26)38(30-22-16-27(17-23-30)36-39-32(2,3)33(4,5)40-36)31-24-18-28(19-25-31)37-41-34(6,7)35(8,9)42-37/h14-25H,10-13H2,1-9H3. The van der Waals surface area contributed by atoms with Gasteiger partial charge in [0.05, 0.1) is 22.4 Å². The third-order valence-electron chi connectivity index (χ3n) is 9.62. The third kappa shape index (κ3) is 6.07. The van der Waals surface area contributed by atoms with E-state index in [2.05, 4.69) is 140 Å². The van der Waals surface area contributed by atoms with Crippen LogP contribution in [0.5, 0.6) is 0 Å². The largest absolute Gasteiger partial charge is 0.494 e. The van der Waals surface area contributed by atoms with Crippen LogP contribution in [0, 0.1) is 0 Å². The second kappa shape index (κ2) is 11.5. The molecule has 0 radical (unpaired) electrons. The summed E-state index contributed by atoms with van der Waals surface area (Å²) in [5.41, 5.74) is 5.15. The average molecular weight is 567 g/mol. The number of rotatable bonds is 9. The molecule has 2 saturated heterocycles. The van der Waals surface area contributed by atoms with Crippen molar-refractivity contribution in [2.45, 2.75) is 110 Å². The van der Waals surface area contributed by atoms with Gasteiger partial charge in [0.1, 0.15) is 0 Å². The van der Waals surface area contributed by atoms with Crippen LogP contribution in [0.2, 0.25) is 0 Å². The van der Waals surface area contributed by atoms with Gasteiger partial charge in [0.15, 0.2) is 0 Å². The van der Waals surface area contributed by atoms with Crippen LogP contribution in [0.3, 0.4) is 0 Å². The molecule has 5 rings (SSSR count). The number of hydrogen-bond donors (Lipinski definition) is 0. The number of hydrogen-bond acceptors (Lipinski definition) is 5. The number of benzene rings is 3. The highest BCUT2D eigenvalue weighted by Crippen LogP contribution is 2.39. The van der Waals surface area contributed by atoms with Gasteiger partial charge in [-0.25, -0.2) is 0 Å². The first kappa shape index (κ1) is 30.9. The van der Waals surface area contributed by atoms with E-state index in [4.69, 9.17) is 18.6 Å². The summed E-state index contributed by atoms with van der Waals surface area (Å²) in [4.78, 5) is 2.29. The predicted octanol–water partition coefficient (Wildman–Crippen LogP) is 7.49. The maximum Gasteiger partial charge on any atom is 0.494 e. The van der Waals surface area contributed by atoms with Crippen molar-refractivity contribution in [3.8, 4) is 0 Å². The average Bonchev–Trinajstić information content (AvgIpc) is 3.30. The SMILES string of the molecule is CCCCCc1ccc(N(c2ccc(B3OC(C)(C)C(C)(C)O3)cc2)c2ccc(B3OC(C)(C)C(C)(C)O3)cc2)cc1. The lowest BCUT2D eigenvalue weighted by molar-refractivity contribution is 0.00578. The molecule has 2 heterocycles. The number of anilines is 3. The normalized spacial score (nSPS) is 20.2. The zero-order valence-electron chi connectivity index (χ0n) is 27.0. The number of unbranched alkanes of at least 4 members (excludes halogenated alkanes) is 2. The summed E-state index contributed by atoms with van der Waals surface area (Å²) in [6.07, 6.45) is 4.83. The smallest absolute Gasteiger partial charge is 0.399 e. The summed E-state index contributed by atoms with van der Waals surface area (Å²) in [6.45, 7) is 18.9. The molecule has 7 heteroatoms. The first-order valence-corrected chi connectivity index (χ1v) is 15.5. The summed E-state index contributed by atoms with van der Waals surface area (Å²) in [6, 6.07) is 26.0. The van der Waals surface area contributed by atoms with E-state index in [-0.39, 0.29) is 36.6 Å². The van der Waals surface area contributed by atoms with Crippen LogP contribution in [-0.4, -0.2) is 36.6 Å². The van der Waals surface area contributed by atoms with E-state index in [1.807, 2.05) is 0 Å². The van der Waals surface area contributed by atoms with Crippen LogP contribution in [-0.2, 0) is 25.0 Å². The Labute approximate surface area is 254 Å². The van der Waals surface area contributed by atoms with E-state index < -0.39 is 0 Å². The van der Waals surface area contributed by atoms with Crippen LogP contribution >= 0.6 is 0 Å². The van der Waals surface area contributed by atoms with Crippen molar-refractivity contribution >= 4 is 42.2 Å². The molecule has 0 aliphatic carbocycles. The van der Waals surface area contributed by atoms with Gasteiger partial charge in [0.2, 0.25) is 0 Å². The molecule has 0 spiro atoms. The van der Waals surface area contributed by atoms with Crippen molar-refractivity contribution in [1.29, 1.82) is 0 Å². The fourth-order valence-corrected chi connectivity index (χ4v) is 5.36. The Morgan fingerprint density at radius 1 is 0.500 bits per heavy atom. The molecule has 0 saturated carbocycles. The van der Waals surface area contributed by atoms with Crippen LogP contribution in [0.25, 0.3) is 0 Å². The van der Waals surface area contributed by atoms with Gasteiger partial charge in [-0.05, 0) is 121 Å². The lowest BCUT2D eigenvalue weighted by Gasteiger charge is -2.32. The van der Waals surface area contributed by atoms with Gasteiger partial charge in [-0.2, -0.15) is 0 Å². The van der Waals surface area contributed by atoms with Crippen molar-refractivity contribution in [1.82, 2.24) is 0 Å². The summed E-state index contributed by atoms with van der Waals surface area (Å²) < 4.78 is 25.2. The second-order valence-corrected chi connectivity index (χ2v) is 13.8. The Balaban J connectivity index is 1.43. The van der Waals surface area contributed by atoms with Crippen LogP contribution in [0.1, 0.15) is 87.1 Å². The molecule has 0 unspecified atom stereocenters. The Morgan fingerprint density at radius 2 is 0.833 bits per heavy atom. The first-order valence-electron chi connectivity index (χ1n) is 15.5. The van der Waals surface area contributed by atoms with Crippen LogP contribution < -0.4 is 15.8 Å². The fourth-order valence-electron chi connectivity index (χ4n) is 5.36. The molecule has 2 aliphatic heterocycles. The molecule has 3 aromatic carbocycles. The zero-order chi connectivity index (χ0) is 30.3. The molecule has 0 bridgehead atoms. The van der Waals surface area contributed by atoms with Gasteiger partial charge >= 0.3 is 14.2 Å². The third-order valence-corrected chi connectivity index (χ3v) is 9.62. The molecule has 0 aromatic heterocycles. The Morgan fingerprint density at radius 3 is 1.17 bits per heavy atom. The Hall–Kier alpha value is -2.57. The van der Waals surface area contributed by atoms with Crippen molar-refractivity contribution in [3.05, 3.63) is 78.4 Å². The zero-order valence-corrected chi connectivity index (χ0v) is 27.0. The van der Waals surface area contributed by atoms with E-state index in [0.29, 0.717) is 0 Å². The minimum absolute atomic E-state index is 0.375. The van der Waals surface area contributed by atoms with E-state index in [9.17, 15) is 0 Å². The highest BCUT2D eigenvalue weighted by molar-refractivity contribution is 6.62. The monoisotopic (exact) mass is 567 g/mol. The van der Waals surface area contributed by atoms with E-state index in [1.165, 1.54) is 24.8 Å². The molecule has 0 N–H and O–H groups in total. The fraction of sp³-hybridized carbons (Fsp3) is 0.486. The van der Waals surface area contributed by atoms with Crippen molar-refractivity contribution in [2.24, 2.45) is 0 Å². The Kier molecular flexibility index (Phi) is 8.45. The molecular formula is C35H47B2NO4. The van der Waals surface area contributed by atoms with Crippen LogP contribution in [0.15, 0.2) is 72.8 Å². The quantitative estimate of drug-likeness (QED) is 0.198. The van der Waals surface area contributed by atoms with Crippen LogP contribution in [0.4, 0.5) is 17.1 Å². The highest BCUT2D eigenvalue weighted by atomic mass is 16.7. The number of aryl methyl sites for hydroxylation is 1. The van der Waals surface area contributed by atoms with Gasteiger partial charge in [-0.3, -0.25) is 0 Å². The molecular weight excluding hydrogens is 520 g/mol. The molecule has 0 amide bonds. The van der Waals surface area contributed by atoms with Gasteiger partial charge < -0.3 is 23.5 Å². The lowest BCUT2D eigenvalue weighted by atomic mass is 9.79. The summed E-state index contributed by atoms with van der Waals surface area (Å²) in [7, 11) is -0.779.